The van der Waals surface area contributed by atoms with E-state index in [4.69, 9.17) is 52.1 Å². The van der Waals surface area contributed by atoms with E-state index in [0.717, 1.165) is 82.0 Å². The molecule has 5 heterocycles. The highest BCUT2D eigenvalue weighted by atomic mass is 16.6. The first-order valence-corrected chi connectivity index (χ1v) is 37.8. The minimum atomic E-state index is -0.406. The maximum atomic E-state index is 13.8. The largest absolute Gasteiger partial charge is 0.462 e. The fourth-order valence-electron chi connectivity index (χ4n) is 12.4. The Morgan fingerprint density at radius 1 is 0.560 bits per heavy atom. The molecule has 0 bridgehead atoms. The van der Waals surface area contributed by atoms with Crippen LogP contribution in [0.5, 0.6) is 0 Å². The number of aromatic nitrogens is 5. The number of nitrogens with one attached hydrogen (secondary N) is 3. The van der Waals surface area contributed by atoms with Crippen molar-refractivity contribution < 1.29 is 95.3 Å². The second kappa shape index (κ2) is 48.5. The topological polar surface area (TPSA) is 356 Å². The molecule has 0 spiro atoms. The molecule has 3 aliphatic heterocycles. The minimum absolute atomic E-state index is 0.00871. The summed E-state index contributed by atoms with van der Waals surface area (Å²) in [6.45, 7) is 13.0. The highest BCUT2D eigenvalue weighted by Crippen LogP contribution is 2.40. The third-order valence-electron chi connectivity index (χ3n) is 18.3. The van der Waals surface area contributed by atoms with E-state index >= 15 is 0 Å². The van der Waals surface area contributed by atoms with E-state index in [2.05, 4.69) is 48.4 Å². The first kappa shape index (κ1) is 85.7. The number of esters is 1. The maximum absolute atomic E-state index is 13.8. The van der Waals surface area contributed by atoms with Gasteiger partial charge < -0.3 is 67.2 Å². The summed E-state index contributed by atoms with van der Waals surface area (Å²) in [6, 6.07) is 25.6. The fourth-order valence-corrected chi connectivity index (χ4v) is 12.4. The molecule has 592 valence electrons. The number of para-hydroxylation sites is 1. The van der Waals surface area contributed by atoms with Crippen molar-refractivity contribution in [3.05, 3.63) is 113 Å². The number of nitrogens with zero attached hydrogens (tertiary/aromatic N) is 7. The zero-order valence-electron chi connectivity index (χ0n) is 63.1. The summed E-state index contributed by atoms with van der Waals surface area (Å²) < 4.78 is 62.8. The lowest BCUT2D eigenvalue weighted by atomic mass is 9.89. The fraction of sp³-hybridized carbons (Fsp3) is 0.557. The van der Waals surface area contributed by atoms with Gasteiger partial charge in [0.25, 0.3) is 11.8 Å². The van der Waals surface area contributed by atoms with Crippen molar-refractivity contribution in [2.24, 2.45) is 5.92 Å². The maximum Gasteiger partial charge on any atom is 0.306 e. The summed E-state index contributed by atoms with van der Waals surface area (Å²) in [5.41, 5.74) is 10.5. The molecule has 0 saturated carbocycles. The molecule has 9 rings (SSSR count). The number of carbonyl (C=O) groups is 9. The van der Waals surface area contributed by atoms with Crippen LogP contribution in [0.25, 0.3) is 33.8 Å². The first-order chi connectivity index (χ1) is 53.1. The van der Waals surface area contributed by atoms with Gasteiger partial charge in [-0.3, -0.25) is 53.4 Å². The number of ether oxygens (including phenoxy) is 11. The van der Waals surface area contributed by atoms with Crippen LogP contribution in [-0.4, -0.2) is 253 Å². The molecule has 30 nitrogen and oxygen atoms in total. The third kappa shape index (κ3) is 29.8. The van der Waals surface area contributed by atoms with Crippen LogP contribution in [0, 0.1) is 12.8 Å². The molecule has 5 aromatic rings. The lowest BCUT2D eigenvalue weighted by Gasteiger charge is -2.28. The van der Waals surface area contributed by atoms with Gasteiger partial charge in [-0.05, 0) is 81.5 Å². The number of hydrogen-bond acceptors (Lipinski definition) is 24. The van der Waals surface area contributed by atoms with Gasteiger partial charge in [-0.25, -0.2) is 0 Å². The van der Waals surface area contributed by atoms with Gasteiger partial charge in [0.05, 0.1) is 149 Å². The molecule has 0 radical (unpaired) electrons. The van der Waals surface area contributed by atoms with Gasteiger partial charge in [-0.2, -0.15) is 20.5 Å². The Labute approximate surface area is 636 Å². The highest BCUT2D eigenvalue weighted by molar-refractivity contribution is 6.16. The molecule has 3 N–H and O–H groups in total. The Morgan fingerprint density at radius 2 is 1.13 bits per heavy atom. The van der Waals surface area contributed by atoms with Crippen molar-refractivity contribution >= 4 is 58.8 Å². The molecule has 4 aliphatic rings. The number of aromatic amines is 1. The predicted octanol–water partition coefficient (Wildman–Crippen LogP) is 6.42. The monoisotopic (exact) mass is 1510 g/mol. The Bertz CT molecular complexity index is 3740. The van der Waals surface area contributed by atoms with E-state index in [1.165, 1.54) is 17.2 Å². The van der Waals surface area contributed by atoms with E-state index in [9.17, 15) is 43.2 Å². The average Bonchev–Trinajstić information content (AvgIpc) is 1.58. The molecule has 2 aromatic heterocycles. The van der Waals surface area contributed by atoms with Crippen LogP contribution in [0.1, 0.15) is 113 Å². The second-order valence-electron chi connectivity index (χ2n) is 26.4. The van der Waals surface area contributed by atoms with Crippen LogP contribution >= 0.6 is 0 Å². The molecule has 2 atom stereocenters. The smallest absolute Gasteiger partial charge is 0.306 e. The molecule has 7 amide bonds. The Hall–Kier alpha value is -8.95. The van der Waals surface area contributed by atoms with E-state index < -0.39 is 5.91 Å². The van der Waals surface area contributed by atoms with E-state index in [-0.39, 0.29) is 137 Å². The number of rotatable bonds is 49. The number of fused-ring (bicyclic) bond motifs is 6. The van der Waals surface area contributed by atoms with Crippen LogP contribution in [0.2, 0.25) is 0 Å². The van der Waals surface area contributed by atoms with Crippen LogP contribution in [0.15, 0.2) is 90.5 Å². The van der Waals surface area contributed by atoms with E-state index in [0.29, 0.717) is 156 Å². The minimum Gasteiger partial charge on any atom is -0.462 e. The summed E-state index contributed by atoms with van der Waals surface area (Å²) in [5.74, 6) is -1.96. The summed E-state index contributed by atoms with van der Waals surface area (Å²) in [4.78, 5) is 114. The van der Waals surface area contributed by atoms with Crippen molar-refractivity contribution in [1.82, 2.24) is 46.0 Å². The quantitative estimate of drug-likeness (QED) is 0.0215. The summed E-state index contributed by atoms with van der Waals surface area (Å²) in [7, 11) is 0. The van der Waals surface area contributed by atoms with Gasteiger partial charge in [-0.15, -0.1) is 5.10 Å². The number of anilines is 1. The van der Waals surface area contributed by atoms with Crippen LogP contribution in [0.4, 0.5) is 5.69 Å². The molecule has 1 saturated heterocycles. The summed E-state index contributed by atoms with van der Waals surface area (Å²) in [6.07, 6.45) is 7.55. The zero-order chi connectivity index (χ0) is 77.2. The third-order valence-corrected chi connectivity index (χ3v) is 18.3. The van der Waals surface area contributed by atoms with Gasteiger partial charge in [0.1, 0.15) is 23.3 Å². The summed E-state index contributed by atoms with van der Waals surface area (Å²) in [5, 5.41) is 25.5. The van der Waals surface area contributed by atoms with E-state index in [1.807, 2.05) is 73.7 Å². The number of carbonyl (C=O) groups excluding carboxylic acids is 9. The van der Waals surface area contributed by atoms with Crippen LogP contribution in [-0.2, 0) is 115 Å². The first-order valence-electron chi connectivity index (χ1n) is 37.8. The van der Waals surface area contributed by atoms with Crippen LogP contribution < -0.4 is 15.5 Å². The summed E-state index contributed by atoms with van der Waals surface area (Å²) >= 11 is 0. The van der Waals surface area contributed by atoms with E-state index in [1.54, 1.807) is 23.6 Å². The predicted molar refractivity (Wildman–Crippen MR) is 399 cm³/mol. The molecule has 1 fully saturated rings. The Morgan fingerprint density at radius 3 is 1.73 bits per heavy atom. The van der Waals surface area contributed by atoms with Crippen molar-refractivity contribution in [3.8, 4) is 33.8 Å². The normalized spacial score (nSPS) is 15.3. The van der Waals surface area contributed by atoms with Crippen molar-refractivity contribution in [1.29, 1.82) is 0 Å². The molecule has 3 aromatic carbocycles. The molecule has 109 heavy (non-hydrogen) atoms. The second-order valence-corrected chi connectivity index (χ2v) is 26.4. The van der Waals surface area contributed by atoms with Gasteiger partial charge in [-0.1, -0.05) is 79.7 Å². The van der Waals surface area contributed by atoms with Crippen LogP contribution in [0.3, 0.4) is 0 Å². The number of imide groups is 2. The van der Waals surface area contributed by atoms with Gasteiger partial charge in [0, 0.05) is 112 Å². The van der Waals surface area contributed by atoms with Gasteiger partial charge >= 0.3 is 5.97 Å². The number of H-pyrrole nitrogens is 1. The SMILES string of the molecule is CC1=CC(=O)N(CCC(=O)NCCOCCOCCOCCOCCC(=O)N(CCOCCOCCOCCCC(=O)CCC(=O)N2Cc3ccccc3-c3n[nH]nc3-c3ccccc32)CCOCCOCCOCCCC(=O)O[C@H]2CCCc3c(-c4ccccc4)nnc(C)c3CC2)C1=O.CC1CC(=O)NC1=O. The van der Waals surface area contributed by atoms with Gasteiger partial charge in [0.2, 0.25) is 29.5 Å². The lowest BCUT2D eigenvalue weighted by Crippen LogP contribution is -2.37. The Balaban J connectivity index is 0.00000175. The standard InChI is InChI=1S/C74H99N9O18.C5H7NO2/c1-55-53-69(88)82(74(55)90)30-27-66(85)75-29-36-94-42-48-100-52-51-99-47-41-93-35-28-67(86)81(32-38-96-44-50-98-46-40-92-34-12-22-70(89)101-60-17-10-20-63-61(25-24-60)56(2)76-77-71(63)57-13-4-3-5-14-57)31-37-95-43-49-97-45-39-91-33-11-16-59(84)23-26-68(87)83-54-58-15-6-7-18-62(58)72-73(79-80-78-72)64-19-8-9-21-65(64)83;1-3-2-4(7)6-5(3)8/h3-9,13-15,18-19,21,53,60H,10-12,16-17,20,22-52,54H2,1-2H3,(H,75,85)(H,78,79,80);3H,2H2,1H3,(H,6,7,8)/t60-;/m0./s1. The molecule has 1 unspecified atom stereocenters. The number of ketones is 1. The van der Waals surface area contributed by atoms with Crippen molar-refractivity contribution in [2.45, 2.75) is 123 Å². The van der Waals surface area contributed by atoms with Crippen molar-refractivity contribution in [2.75, 3.05) is 163 Å². The molecular formula is C79H106N10O20. The Kier molecular flexibility index (Phi) is 38.2. The average molecular weight is 1520 g/mol. The number of benzene rings is 3. The molecular weight excluding hydrogens is 1410 g/mol. The zero-order valence-corrected chi connectivity index (χ0v) is 63.1. The lowest BCUT2D eigenvalue weighted by molar-refractivity contribution is -0.150. The number of aryl methyl sites for hydroxylation is 1. The number of hydrogen-bond donors (Lipinski definition) is 3. The van der Waals surface area contributed by atoms with Gasteiger partial charge in [0.15, 0.2) is 0 Å². The van der Waals surface area contributed by atoms with Crippen molar-refractivity contribution in [3.63, 3.8) is 0 Å². The molecule has 1 aliphatic carbocycles. The highest BCUT2D eigenvalue weighted by Gasteiger charge is 2.31. The number of amides is 7. The molecule has 30 heteroatoms. The number of Topliss-reactive ketones (excluding diaryl/α,β-unsaturated/α-hetero) is 1.